The van der Waals surface area contributed by atoms with E-state index in [1.54, 1.807) is 18.2 Å². The minimum absolute atomic E-state index is 0.417. The fourth-order valence-electron chi connectivity index (χ4n) is 1.58. The van der Waals surface area contributed by atoms with Crippen LogP contribution in [0.15, 0.2) is 22.7 Å². The fourth-order valence-corrected chi connectivity index (χ4v) is 2.29. The van der Waals surface area contributed by atoms with Gasteiger partial charge in [-0.25, -0.2) is 9.97 Å². The van der Waals surface area contributed by atoms with Gasteiger partial charge in [-0.15, -0.1) is 0 Å². The Bertz CT molecular complexity index is 559. The van der Waals surface area contributed by atoms with Crippen LogP contribution < -0.4 is 5.73 Å². The number of nitrogen functional groups attached to an aromatic ring is 1. The second kappa shape index (κ2) is 5.43. The van der Waals surface area contributed by atoms with Gasteiger partial charge in [-0.3, -0.25) is 0 Å². The average Bonchev–Trinajstić information content (AvgIpc) is 2.31. The lowest BCUT2D eigenvalue weighted by Gasteiger charge is -2.08. The summed E-state index contributed by atoms with van der Waals surface area (Å²) in [6.07, 6.45) is 0.455. The van der Waals surface area contributed by atoms with Crippen molar-refractivity contribution in [3.63, 3.8) is 0 Å². The molecular weight excluding hydrogens is 337 g/mol. The molecule has 6 heteroatoms. The van der Waals surface area contributed by atoms with Crippen LogP contribution in [0, 0.1) is 6.92 Å². The first-order chi connectivity index (χ1) is 8.49. The van der Waals surface area contributed by atoms with Gasteiger partial charge in [0.05, 0.1) is 10.2 Å². The van der Waals surface area contributed by atoms with E-state index in [2.05, 4.69) is 25.9 Å². The summed E-state index contributed by atoms with van der Waals surface area (Å²) in [5.74, 6) is 1.02. The largest absolute Gasteiger partial charge is 0.383 e. The summed E-state index contributed by atoms with van der Waals surface area (Å²) in [6, 6.07) is 5.38. The zero-order valence-electron chi connectivity index (χ0n) is 9.54. The number of anilines is 1. The Labute approximate surface area is 123 Å². The fraction of sp³-hybridized carbons (Fsp3) is 0.167. The monoisotopic (exact) mass is 345 g/mol. The number of rotatable bonds is 2. The van der Waals surface area contributed by atoms with E-state index in [1.807, 2.05) is 6.92 Å². The van der Waals surface area contributed by atoms with Crippen molar-refractivity contribution in [2.45, 2.75) is 13.3 Å². The van der Waals surface area contributed by atoms with E-state index in [-0.39, 0.29) is 0 Å². The van der Waals surface area contributed by atoms with E-state index in [1.165, 1.54) is 0 Å². The smallest absolute Gasteiger partial charge is 0.141 e. The van der Waals surface area contributed by atoms with Crippen LogP contribution in [-0.2, 0) is 6.42 Å². The van der Waals surface area contributed by atoms with Gasteiger partial charge in [0.1, 0.15) is 11.6 Å². The molecular formula is C12H10BrCl2N3. The topological polar surface area (TPSA) is 51.8 Å². The number of aryl methyl sites for hydroxylation is 1. The van der Waals surface area contributed by atoms with Gasteiger partial charge in [0.15, 0.2) is 0 Å². The molecule has 2 aromatic rings. The van der Waals surface area contributed by atoms with Gasteiger partial charge in [0.25, 0.3) is 0 Å². The summed E-state index contributed by atoms with van der Waals surface area (Å²) in [7, 11) is 0. The van der Waals surface area contributed by atoms with Crippen molar-refractivity contribution in [2.24, 2.45) is 0 Å². The molecule has 0 amide bonds. The Morgan fingerprint density at radius 3 is 2.39 bits per heavy atom. The summed E-state index contributed by atoms with van der Waals surface area (Å²) >= 11 is 15.5. The molecule has 0 aliphatic carbocycles. The molecule has 1 heterocycles. The number of benzene rings is 1. The van der Waals surface area contributed by atoms with E-state index >= 15 is 0 Å². The van der Waals surface area contributed by atoms with E-state index in [9.17, 15) is 0 Å². The van der Waals surface area contributed by atoms with Crippen LogP contribution in [0.4, 0.5) is 5.82 Å². The van der Waals surface area contributed by atoms with Crippen molar-refractivity contribution >= 4 is 44.9 Å². The molecule has 0 spiro atoms. The van der Waals surface area contributed by atoms with Crippen molar-refractivity contribution in [2.75, 3.05) is 5.73 Å². The quantitative estimate of drug-likeness (QED) is 0.893. The van der Waals surface area contributed by atoms with Crippen molar-refractivity contribution in [3.05, 3.63) is 49.8 Å². The van der Waals surface area contributed by atoms with Crippen LogP contribution in [0.5, 0.6) is 0 Å². The molecule has 2 N–H and O–H groups in total. The molecule has 0 aliphatic rings. The minimum atomic E-state index is 0.417. The molecule has 2 rings (SSSR count). The predicted octanol–water partition coefficient (Wildman–Crippen LogP) is 4.03. The van der Waals surface area contributed by atoms with Crippen LogP contribution >= 0.6 is 39.1 Å². The van der Waals surface area contributed by atoms with E-state index in [0.29, 0.717) is 28.1 Å². The first-order valence-corrected chi connectivity index (χ1v) is 6.75. The molecule has 0 fully saturated rings. The molecule has 1 aromatic carbocycles. The third-order valence-corrected chi connectivity index (χ3v) is 4.17. The molecule has 0 saturated heterocycles. The zero-order chi connectivity index (χ0) is 13.3. The molecule has 0 aliphatic heterocycles. The molecule has 0 saturated carbocycles. The number of hydrogen-bond donors (Lipinski definition) is 1. The number of nitrogens with two attached hydrogens (primary N) is 1. The third kappa shape index (κ3) is 2.76. The Kier molecular flexibility index (Phi) is 4.10. The zero-order valence-corrected chi connectivity index (χ0v) is 12.6. The molecule has 94 valence electrons. The standard InChI is InChI=1S/C12H10BrCl2N3/c1-6-11(13)12(16)18-10(17-6)5-7-8(14)3-2-4-9(7)15/h2-4H,5H2,1H3,(H2,16,17,18). The number of halogens is 3. The number of aromatic nitrogens is 2. The molecule has 0 unspecified atom stereocenters. The van der Waals surface area contributed by atoms with Gasteiger partial charge < -0.3 is 5.73 Å². The predicted molar refractivity (Wildman–Crippen MR) is 78.1 cm³/mol. The van der Waals surface area contributed by atoms with Crippen LogP contribution in [0.2, 0.25) is 10.0 Å². The van der Waals surface area contributed by atoms with Gasteiger partial charge in [-0.05, 0) is 40.5 Å². The second-order valence-electron chi connectivity index (χ2n) is 3.80. The van der Waals surface area contributed by atoms with Crippen molar-refractivity contribution in [1.29, 1.82) is 0 Å². The maximum absolute atomic E-state index is 6.11. The number of hydrogen-bond acceptors (Lipinski definition) is 3. The average molecular weight is 347 g/mol. The Balaban J connectivity index is 2.41. The molecule has 3 nitrogen and oxygen atoms in total. The highest BCUT2D eigenvalue weighted by Gasteiger charge is 2.11. The first-order valence-electron chi connectivity index (χ1n) is 5.20. The summed E-state index contributed by atoms with van der Waals surface area (Å²) in [4.78, 5) is 8.57. The van der Waals surface area contributed by atoms with Crippen LogP contribution in [0.25, 0.3) is 0 Å². The second-order valence-corrected chi connectivity index (χ2v) is 5.41. The maximum Gasteiger partial charge on any atom is 0.141 e. The SMILES string of the molecule is Cc1nc(Cc2c(Cl)cccc2Cl)nc(N)c1Br. The summed E-state index contributed by atoms with van der Waals surface area (Å²) < 4.78 is 0.719. The van der Waals surface area contributed by atoms with Crippen molar-refractivity contribution in [3.8, 4) is 0 Å². The lowest BCUT2D eigenvalue weighted by atomic mass is 10.1. The van der Waals surface area contributed by atoms with Gasteiger partial charge in [-0.2, -0.15) is 0 Å². The Morgan fingerprint density at radius 2 is 1.83 bits per heavy atom. The van der Waals surface area contributed by atoms with E-state index in [0.717, 1.165) is 15.7 Å². The van der Waals surface area contributed by atoms with Gasteiger partial charge in [0.2, 0.25) is 0 Å². The van der Waals surface area contributed by atoms with Crippen molar-refractivity contribution in [1.82, 2.24) is 9.97 Å². The molecule has 1 aromatic heterocycles. The highest BCUT2D eigenvalue weighted by atomic mass is 79.9. The van der Waals surface area contributed by atoms with Gasteiger partial charge >= 0.3 is 0 Å². The van der Waals surface area contributed by atoms with E-state index in [4.69, 9.17) is 28.9 Å². The van der Waals surface area contributed by atoms with E-state index < -0.39 is 0 Å². The highest BCUT2D eigenvalue weighted by molar-refractivity contribution is 9.10. The summed E-state index contributed by atoms with van der Waals surface area (Å²) in [6.45, 7) is 1.86. The Hall–Kier alpha value is -0.840. The minimum Gasteiger partial charge on any atom is -0.383 e. The third-order valence-electron chi connectivity index (χ3n) is 2.49. The molecule has 0 radical (unpaired) electrons. The number of nitrogens with zero attached hydrogens (tertiary/aromatic N) is 2. The lowest BCUT2D eigenvalue weighted by Crippen LogP contribution is -2.04. The van der Waals surface area contributed by atoms with Gasteiger partial charge in [0, 0.05) is 16.5 Å². The van der Waals surface area contributed by atoms with Crippen LogP contribution in [-0.4, -0.2) is 9.97 Å². The molecule has 18 heavy (non-hydrogen) atoms. The van der Waals surface area contributed by atoms with Crippen LogP contribution in [0.3, 0.4) is 0 Å². The van der Waals surface area contributed by atoms with Crippen LogP contribution in [0.1, 0.15) is 17.1 Å². The highest BCUT2D eigenvalue weighted by Crippen LogP contribution is 2.27. The first kappa shape index (κ1) is 13.6. The summed E-state index contributed by atoms with van der Waals surface area (Å²) in [5.41, 5.74) is 7.39. The molecule has 0 atom stereocenters. The molecule has 0 bridgehead atoms. The lowest BCUT2D eigenvalue weighted by molar-refractivity contribution is 0.941. The maximum atomic E-state index is 6.11. The summed E-state index contributed by atoms with van der Waals surface area (Å²) in [5, 5.41) is 1.20. The van der Waals surface area contributed by atoms with Gasteiger partial charge in [-0.1, -0.05) is 29.3 Å². The Morgan fingerprint density at radius 1 is 1.22 bits per heavy atom. The normalized spacial score (nSPS) is 10.7. The van der Waals surface area contributed by atoms with Crippen molar-refractivity contribution < 1.29 is 0 Å².